The first-order chi connectivity index (χ1) is 29.5. The molecule has 13 rings (SSSR count). The second kappa shape index (κ2) is 12.2. The van der Waals surface area contributed by atoms with Crippen molar-refractivity contribution in [2.75, 3.05) is 9.80 Å². The van der Waals surface area contributed by atoms with E-state index in [1.807, 2.05) is 6.07 Å². The quantitative estimate of drug-likeness (QED) is 0.157. The van der Waals surface area contributed by atoms with Gasteiger partial charge in [-0.2, -0.15) is 0 Å². The van der Waals surface area contributed by atoms with Crippen molar-refractivity contribution in [2.24, 2.45) is 0 Å². The van der Waals surface area contributed by atoms with E-state index < -0.39 is 0 Å². The van der Waals surface area contributed by atoms with Gasteiger partial charge in [0.05, 0.1) is 17.1 Å². The molecule has 282 valence electrons. The van der Waals surface area contributed by atoms with Crippen molar-refractivity contribution in [1.29, 1.82) is 0 Å². The predicted octanol–water partition coefficient (Wildman–Crippen LogP) is 16.4. The first kappa shape index (κ1) is 33.4. The molecule has 3 heteroatoms. The molecule has 3 nitrogen and oxygen atoms in total. The van der Waals surface area contributed by atoms with Crippen LogP contribution in [0, 0.1) is 0 Å². The smallest absolute Gasteiger partial charge is 0.159 e. The van der Waals surface area contributed by atoms with Crippen LogP contribution in [0.3, 0.4) is 0 Å². The molecule has 60 heavy (non-hydrogen) atoms. The molecule has 0 bridgehead atoms. The molecule has 0 saturated carbocycles. The zero-order valence-electron chi connectivity index (χ0n) is 33.3. The predicted molar refractivity (Wildman–Crippen MR) is 254 cm³/mol. The molecule has 0 unspecified atom stereocenters. The van der Waals surface area contributed by atoms with Crippen LogP contribution in [0.15, 0.2) is 199 Å². The third kappa shape index (κ3) is 4.55. The molecule has 1 aliphatic carbocycles. The van der Waals surface area contributed by atoms with Gasteiger partial charge in [-0.15, -0.1) is 0 Å². The molecule has 0 fully saturated rings. The summed E-state index contributed by atoms with van der Waals surface area (Å²) in [7, 11) is 0. The first-order valence-corrected chi connectivity index (χ1v) is 20.8. The Balaban J connectivity index is 1.07. The Kier molecular flexibility index (Phi) is 6.78. The van der Waals surface area contributed by atoms with Gasteiger partial charge >= 0.3 is 0 Å². The summed E-state index contributed by atoms with van der Waals surface area (Å²) in [6, 6.07) is 71.1. The Hall–Kier alpha value is -7.62. The van der Waals surface area contributed by atoms with Crippen LogP contribution in [-0.4, -0.2) is 0 Å². The van der Waals surface area contributed by atoms with Gasteiger partial charge in [0.15, 0.2) is 5.58 Å². The third-order valence-corrected chi connectivity index (χ3v) is 13.3. The lowest BCUT2D eigenvalue weighted by Crippen LogP contribution is -2.17. The van der Waals surface area contributed by atoms with E-state index in [2.05, 4.69) is 212 Å². The standard InChI is InChI=1S/C57H38N2O/c1-57(2)46-20-11-13-35-23-24-38-33-41(34-47(57)55(38)54(35)46)58(39-14-5-3-6-15-39)48-31-27-36-26-30-45-49(32-28-37-25-29-44(48)52(36)53(37)45)59(40-16-7-4-8-17-40)50-21-12-19-43-42-18-9-10-22-51(42)60-56(43)50/h3-34H,1-2H3. The van der Waals surface area contributed by atoms with E-state index in [-0.39, 0.29) is 5.41 Å². The molecular formula is C57H38N2O. The maximum Gasteiger partial charge on any atom is 0.159 e. The maximum absolute atomic E-state index is 6.69. The normalized spacial score (nSPS) is 13.3. The zero-order chi connectivity index (χ0) is 39.7. The third-order valence-electron chi connectivity index (χ3n) is 13.3. The Labute approximate surface area is 347 Å². The fraction of sp³-hybridized carbons (Fsp3) is 0.0526. The van der Waals surface area contributed by atoms with Crippen LogP contribution in [0.25, 0.3) is 75.8 Å². The average Bonchev–Trinajstić information content (AvgIpc) is 3.79. The number of para-hydroxylation sites is 4. The lowest BCUT2D eigenvalue weighted by Gasteiger charge is -2.30. The number of benzene rings is 11. The molecule has 1 aliphatic rings. The van der Waals surface area contributed by atoms with E-state index in [0.717, 1.165) is 56.1 Å². The van der Waals surface area contributed by atoms with E-state index in [1.54, 1.807) is 0 Å². The number of furan rings is 1. The maximum atomic E-state index is 6.69. The summed E-state index contributed by atoms with van der Waals surface area (Å²) in [5, 5.41) is 15.0. The highest BCUT2D eigenvalue weighted by atomic mass is 16.3. The Morgan fingerprint density at radius 1 is 0.350 bits per heavy atom. The van der Waals surface area contributed by atoms with Gasteiger partial charge in [0, 0.05) is 44.0 Å². The van der Waals surface area contributed by atoms with Gasteiger partial charge in [0.1, 0.15) is 5.58 Å². The number of anilines is 6. The highest BCUT2D eigenvalue weighted by Crippen LogP contribution is 2.53. The molecule has 0 atom stereocenters. The summed E-state index contributed by atoms with van der Waals surface area (Å²) in [6.45, 7) is 4.77. The Morgan fingerprint density at radius 3 is 1.63 bits per heavy atom. The highest BCUT2D eigenvalue weighted by Gasteiger charge is 2.35. The van der Waals surface area contributed by atoms with Gasteiger partial charge in [-0.25, -0.2) is 0 Å². The molecule has 0 N–H and O–H groups in total. The Bertz CT molecular complexity index is 3700. The van der Waals surface area contributed by atoms with Crippen LogP contribution >= 0.6 is 0 Å². The first-order valence-electron chi connectivity index (χ1n) is 20.8. The molecule has 1 heterocycles. The van der Waals surface area contributed by atoms with Crippen LogP contribution in [0.4, 0.5) is 34.1 Å². The van der Waals surface area contributed by atoms with E-state index in [9.17, 15) is 0 Å². The summed E-state index contributed by atoms with van der Waals surface area (Å²) in [4.78, 5) is 4.85. The number of rotatable bonds is 6. The minimum atomic E-state index is -0.129. The minimum Gasteiger partial charge on any atom is -0.454 e. The van der Waals surface area contributed by atoms with Gasteiger partial charge in [0.25, 0.3) is 0 Å². The van der Waals surface area contributed by atoms with Crippen molar-refractivity contribution in [3.8, 4) is 0 Å². The molecular weight excluding hydrogens is 729 g/mol. The number of hydrogen-bond donors (Lipinski definition) is 0. The van der Waals surface area contributed by atoms with Crippen LogP contribution in [0.2, 0.25) is 0 Å². The van der Waals surface area contributed by atoms with Crippen LogP contribution in [-0.2, 0) is 5.41 Å². The second-order valence-corrected chi connectivity index (χ2v) is 16.9. The van der Waals surface area contributed by atoms with Gasteiger partial charge in [-0.3, -0.25) is 0 Å². The number of fused-ring (bicyclic) bond motifs is 3. The molecule has 1 aromatic heterocycles. The van der Waals surface area contributed by atoms with Gasteiger partial charge < -0.3 is 14.2 Å². The Morgan fingerprint density at radius 2 is 0.900 bits per heavy atom. The lowest BCUT2D eigenvalue weighted by molar-refractivity contribution is 0.663. The SMILES string of the molecule is CC1(C)c2cccc3ccc4cc(N(c5ccccc5)c5ccc6ccc7c(N(c8ccccc8)c8cccc9c8oc8ccccc89)ccc8ccc5c6c87)cc1c4c23. The van der Waals surface area contributed by atoms with E-state index in [1.165, 1.54) is 65.0 Å². The largest absolute Gasteiger partial charge is 0.454 e. The fourth-order valence-electron chi connectivity index (χ4n) is 10.6. The summed E-state index contributed by atoms with van der Waals surface area (Å²) in [5.41, 5.74) is 11.0. The lowest BCUT2D eigenvalue weighted by atomic mass is 9.81. The van der Waals surface area contributed by atoms with E-state index >= 15 is 0 Å². The van der Waals surface area contributed by atoms with Crippen LogP contribution in [0.5, 0.6) is 0 Å². The molecule has 0 amide bonds. The second-order valence-electron chi connectivity index (χ2n) is 16.9. The fourth-order valence-corrected chi connectivity index (χ4v) is 10.6. The van der Waals surface area contributed by atoms with E-state index in [0.29, 0.717) is 0 Å². The van der Waals surface area contributed by atoms with Gasteiger partial charge in [-0.1, -0.05) is 147 Å². The summed E-state index contributed by atoms with van der Waals surface area (Å²) in [5.74, 6) is 0. The van der Waals surface area contributed by atoms with Crippen molar-refractivity contribution in [2.45, 2.75) is 19.3 Å². The topological polar surface area (TPSA) is 19.6 Å². The molecule has 12 aromatic rings. The van der Waals surface area contributed by atoms with Crippen LogP contribution in [0.1, 0.15) is 25.0 Å². The molecule has 0 radical (unpaired) electrons. The number of hydrogen-bond acceptors (Lipinski definition) is 3. The van der Waals surface area contributed by atoms with Crippen molar-refractivity contribution < 1.29 is 4.42 Å². The highest BCUT2D eigenvalue weighted by molar-refractivity contribution is 6.28. The molecule has 0 saturated heterocycles. The van der Waals surface area contributed by atoms with Crippen molar-refractivity contribution in [1.82, 2.24) is 0 Å². The van der Waals surface area contributed by atoms with E-state index in [4.69, 9.17) is 4.42 Å². The molecule has 11 aromatic carbocycles. The molecule has 0 spiro atoms. The van der Waals surface area contributed by atoms with Crippen molar-refractivity contribution >= 4 is 110 Å². The zero-order valence-corrected chi connectivity index (χ0v) is 33.3. The monoisotopic (exact) mass is 766 g/mol. The number of nitrogens with zero attached hydrogens (tertiary/aromatic N) is 2. The summed E-state index contributed by atoms with van der Waals surface area (Å²) in [6.07, 6.45) is 0. The summed E-state index contributed by atoms with van der Waals surface area (Å²) >= 11 is 0. The summed E-state index contributed by atoms with van der Waals surface area (Å²) < 4.78 is 6.69. The minimum absolute atomic E-state index is 0.129. The van der Waals surface area contributed by atoms with Gasteiger partial charge in [0.2, 0.25) is 0 Å². The van der Waals surface area contributed by atoms with Crippen molar-refractivity contribution in [3.05, 3.63) is 205 Å². The molecule has 0 aliphatic heterocycles. The average molecular weight is 767 g/mol. The van der Waals surface area contributed by atoms with Crippen LogP contribution < -0.4 is 9.80 Å². The van der Waals surface area contributed by atoms with Crippen molar-refractivity contribution in [3.63, 3.8) is 0 Å². The van der Waals surface area contributed by atoms with Gasteiger partial charge in [-0.05, 0) is 115 Å².